The summed E-state index contributed by atoms with van der Waals surface area (Å²) in [5.74, 6) is -1.50. The number of aromatic nitrogens is 2. The van der Waals surface area contributed by atoms with E-state index in [0.717, 1.165) is 16.5 Å². The average molecular weight is 419 g/mol. The number of aromatic amines is 1. The van der Waals surface area contributed by atoms with Gasteiger partial charge in [0.25, 0.3) is 0 Å². The molecule has 146 valence electrons. The van der Waals surface area contributed by atoms with Crippen molar-refractivity contribution < 1.29 is 18.3 Å². The zero-order valence-electron chi connectivity index (χ0n) is 15.4. The van der Waals surface area contributed by atoms with Gasteiger partial charge in [0.2, 0.25) is 5.79 Å². The van der Waals surface area contributed by atoms with E-state index in [1.54, 1.807) is 31.2 Å². The minimum absolute atomic E-state index is 0.0246. The largest absolute Gasteiger partial charge is 0.360 e. The number of rotatable bonds is 4. The fourth-order valence-electron chi connectivity index (χ4n) is 3.53. The van der Waals surface area contributed by atoms with Crippen molar-refractivity contribution in [3.8, 4) is 0 Å². The van der Waals surface area contributed by atoms with E-state index in [0.29, 0.717) is 21.9 Å². The molecular formula is C20H19ClN2O4S. The lowest BCUT2D eigenvalue weighted by molar-refractivity contribution is -0.194. The van der Waals surface area contributed by atoms with Gasteiger partial charge in [-0.2, -0.15) is 0 Å². The Bertz CT molecular complexity index is 1220. The maximum atomic E-state index is 12.3. The maximum Gasteiger partial charge on any atom is 0.211 e. The number of nitrogens with zero attached hydrogens (tertiary/aromatic N) is 1. The van der Waals surface area contributed by atoms with E-state index >= 15 is 0 Å². The van der Waals surface area contributed by atoms with Crippen LogP contribution in [0.2, 0.25) is 5.02 Å². The molecule has 0 spiro atoms. The van der Waals surface area contributed by atoms with Crippen molar-refractivity contribution in [2.24, 2.45) is 0 Å². The highest BCUT2D eigenvalue weighted by Crippen LogP contribution is 2.44. The summed E-state index contributed by atoms with van der Waals surface area (Å²) >= 11 is 6.15. The van der Waals surface area contributed by atoms with Gasteiger partial charge in [0.1, 0.15) is 5.65 Å². The Morgan fingerprint density at radius 1 is 1.36 bits per heavy atom. The van der Waals surface area contributed by atoms with Crippen LogP contribution >= 0.6 is 11.6 Å². The zero-order chi connectivity index (χ0) is 20.1. The van der Waals surface area contributed by atoms with Gasteiger partial charge in [-0.25, -0.2) is 13.4 Å². The summed E-state index contributed by atoms with van der Waals surface area (Å²) in [5, 5.41) is 12.1. The zero-order valence-corrected chi connectivity index (χ0v) is 16.9. The number of fused-ring (bicyclic) bond motifs is 3. The summed E-state index contributed by atoms with van der Waals surface area (Å²) in [7, 11) is -1.91. The summed E-state index contributed by atoms with van der Waals surface area (Å²) in [6.45, 7) is 1.62. The molecule has 0 amide bonds. The van der Waals surface area contributed by atoms with Crippen LogP contribution in [0, 0.1) is 0 Å². The number of aliphatic hydroxyl groups is 1. The second-order valence-electron chi connectivity index (χ2n) is 6.67. The van der Waals surface area contributed by atoms with Gasteiger partial charge in [-0.15, -0.1) is 0 Å². The molecule has 0 radical (unpaired) electrons. The van der Waals surface area contributed by atoms with Crippen molar-refractivity contribution in [3.63, 3.8) is 0 Å². The molecule has 8 heteroatoms. The van der Waals surface area contributed by atoms with Gasteiger partial charge in [-0.05, 0) is 29.3 Å². The fraction of sp³-hybridized carbons (Fsp3) is 0.250. The molecule has 0 fully saturated rings. The summed E-state index contributed by atoms with van der Waals surface area (Å²) in [5.41, 5.74) is 3.26. The van der Waals surface area contributed by atoms with Crippen molar-refractivity contribution in [2.45, 2.75) is 24.0 Å². The molecule has 4 rings (SSSR count). The summed E-state index contributed by atoms with van der Waals surface area (Å²) < 4.78 is 30.0. The van der Waals surface area contributed by atoms with Gasteiger partial charge in [-0.1, -0.05) is 36.7 Å². The van der Waals surface area contributed by atoms with Gasteiger partial charge < -0.3 is 14.8 Å². The molecule has 2 aromatic heterocycles. The molecule has 1 aliphatic carbocycles. The predicted molar refractivity (Wildman–Crippen MR) is 108 cm³/mol. The standard InChI is InChI=1S/C20H19ClN2O4S/c1-3-28(25,26)14-6-4-5-12(9-14)15-7-8-20(24,27-2)18-17(15)16-10-13(21)11-22-19(16)23-18/h4-7,9-11,24H,3,8H2,1-2H3,(H,22,23). The number of H-pyrrole nitrogens is 1. The normalized spacial score (nSPS) is 19.5. The molecule has 28 heavy (non-hydrogen) atoms. The Labute approximate surface area is 167 Å². The van der Waals surface area contributed by atoms with Crippen LogP contribution in [-0.2, 0) is 20.4 Å². The monoisotopic (exact) mass is 418 g/mol. The minimum Gasteiger partial charge on any atom is -0.360 e. The van der Waals surface area contributed by atoms with Crippen molar-refractivity contribution in [1.82, 2.24) is 9.97 Å². The molecule has 6 nitrogen and oxygen atoms in total. The molecule has 1 aliphatic rings. The Balaban J connectivity index is 1.98. The average Bonchev–Trinajstić information content (AvgIpc) is 3.08. The molecule has 1 aromatic carbocycles. The van der Waals surface area contributed by atoms with Crippen LogP contribution in [0.5, 0.6) is 0 Å². The molecule has 0 saturated carbocycles. The number of sulfone groups is 1. The van der Waals surface area contributed by atoms with Crippen molar-refractivity contribution in [3.05, 3.63) is 64.4 Å². The van der Waals surface area contributed by atoms with Crippen molar-refractivity contribution in [2.75, 3.05) is 12.9 Å². The van der Waals surface area contributed by atoms with Crippen LogP contribution in [0.25, 0.3) is 16.6 Å². The van der Waals surface area contributed by atoms with Crippen LogP contribution in [0.4, 0.5) is 0 Å². The second-order valence-corrected chi connectivity index (χ2v) is 9.38. The highest BCUT2D eigenvalue weighted by atomic mass is 35.5. The van der Waals surface area contributed by atoms with E-state index in [1.165, 1.54) is 13.3 Å². The number of halogens is 1. The lowest BCUT2D eigenvalue weighted by Gasteiger charge is -2.30. The molecule has 0 saturated heterocycles. The Hall–Kier alpha value is -2.19. The van der Waals surface area contributed by atoms with Gasteiger partial charge in [0.05, 0.1) is 21.4 Å². The van der Waals surface area contributed by atoms with Crippen LogP contribution in [0.1, 0.15) is 30.2 Å². The first-order valence-electron chi connectivity index (χ1n) is 8.78. The van der Waals surface area contributed by atoms with Gasteiger partial charge in [-0.3, -0.25) is 0 Å². The smallest absolute Gasteiger partial charge is 0.211 e. The van der Waals surface area contributed by atoms with Crippen molar-refractivity contribution >= 4 is 38.0 Å². The van der Waals surface area contributed by atoms with E-state index in [2.05, 4.69) is 9.97 Å². The van der Waals surface area contributed by atoms with Crippen LogP contribution in [-0.4, -0.2) is 36.4 Å². The Kier molecular flexibility index (Phi) is 4.58. The molecule has 1 unspecified atom stereocenters. The third-order valence-electron chi connectivity index (χ3n) is 5.08. The third kappa shape index (κ3) is 2.95. The Morgan fingerprint density at radius 3 is 2.86 bits per heavy atom. The van der Waals surface area contributed by atoms with E-state index in [4.69, 9.17) is 16.3 Å². The molecule has 1 atom stereocenters. The third-order valence-corrected chi connectivity index (χ3v) is 7.02. The number of hydrogen-bond acceptors (Lipinski definition) is 5. The first kappa shape index (κ1) is 19.1. The summed E-state index contributed by atoms with van der Waals surface area (Å²) in [4.78, 5) is 7.71. The topological polar surface area (TPSA) is 92.3 Å². The Morgan fingerprint density at radius 2 is 2.14 bits per heavy atom. The van der Waals surface area contributed by atoms with Crippen LogP contribution in [0.15, 0.2) is 47.5 Å². The van der Waals surface area contributed by atoms with Crippen LogP contribution in [0.3, 0.4) is 0 Å². The highest BCUT2D eigenvalue weighted by Gasteiger charge is 2.38. The van der Waals surface area contributed by atoms with Gasteiger partial charge in [0.15, 0.2) is 9.84 Å². The molecule has 3 aromatic rings. The van der Waals surface area contributed by atoms with Crippen molar-refractivity contribution in [1.29, 1.82) is 0 Å². The number of methoxy groups -OCH3 is 1. The van der Waals surface area contributed by atoms with Gasteiger partial charge >= 0.3 is 0 Å². The van der Waals surface area contributed by atoms with E-state index in [1.807, 2.05) is 12.1 Å². The highest BCUT2D eigenvalue weighted by molar-refractivity contribution is 7.91. The molecule has 2 N–H and O–H groups in total. The number of hydrogen-bond donors (Lipinski definition) is 2. The SMILES string of the molecule is CCS(=O)(=O)c1cccc(C2=CCC(O)(OC)c3[nH]c4ncc(Cl)cc4c32)c1. The predicted octanol–water partition coefficient (Wildman–Crippen LogP) is 3.64. The van der Waals surface area contributed by atoms with E-state index in [9.17, 15) is 13.5 Å². The second kappa shape index (κ2) is 6.70. The number of benzene rings is 1. The molecular weight excluding hydrogens is 400 g/mol. The first-order chi connectivity index (χ1) is 13.3. The summed E-state index contributed by atoms with van der Waals surface area (Å²) in [6.07, 6.45) is 3.57. The number of nitrogens with one attached hydrogen (secondary N) is 1. The lowest BCUT2D eigenvalue weighted by atomic mass is 9.86. The molecule has 0 bridgehead atoms. The summed E-state index contributed by atoms with van der Waals surface area (Å²) in [6, 6.07) is 8.57. The quantitative estimate of drug-likeness (QED) is 0.631. The van der Waals surface area contributed by atoms with Gasteiger partial charge in [0, 0.05) is 30.7 Å². The minimum atomic E-state index is -3.34. The van der Waals surface area contributed by atoms with E-state index in [-0.39, 0.29) is 17.1 Å². The number of pyridine rings is 1. The maximum absolute atomic E-state index is 12.3. The fourth-order valence-corrected chi connectivity index (χ4v) is 4.62. The van der Waals surface area contributed by atoms with Crippen LogP contribution < -0.4 is 0 Å². The molecule has 2 heterocycles. The molecule has 0 aliphatic heterocycles. The van der Waals surface area contributed by atoms with E-state index < -0.39 is 15.6 Å². The first-order valence-corrected chi connectivity index (χ1v) is 10.8. The number of ether oxygens (including phenoxy) is 1. The lowest BCUT2D eigenvalue weighted by Crippen LogP contribution is -2.31.